The molecule has 16 nitrogen and oxygen atoms in total. The Kier molecular flexibility index (Phi) is 15.4. The van der Waals surface area contributed by atoms with E-state index in [1.165, 1.54) is 32.9 Å². The topological polar surface area (TPSA) is 180 Å². The molecule has 3 N–H and O–H groups in total. The molecule has 4 aromatic rings. The van der Waals surface area contributed by atoms with Gasteiger partial charge in [-0.15, -0.1) is 11.3 Å². The number of esters is 1. The lowest BCUT2D eigenvalue weighted by Gasteiger charge is -2.36. The third-order valence-corrected chi connectivity index (χ3v) is 15.2. The van der Waals surface area contributed by atoms with Crippen molar-refractivity contribution >= 4 is 57.4 Å². The van der Waals surface area contributed by atoms with Crippen LogP contribution in [0.1, 0.15) is 95.2 Å². The zero-order chi connectivity index (χ0) is 50.0. The zero-order valence-corrected chi connectivity index (χ0v) is 42.7. The number of carbonyl (C=O) groups excluding carboxylic acids is 5. The van der Waals surface area contributed by atoms with Gasteiger partial charge in [-0.2, -0.15) is 0 Å². The minimum absolute atomic E-state index is 0.0700. The number of methoxy groups -OCH3 is 1. The van der Waals surface area contributed by atoms with Gasteiger partial charge in [0.2, 0.25) is 17.7 Å². The normalized spacial score (nSPS) is 21.7. The first-order valence-corrected chi connectivity index (χ1v) is 25.7. The number of carbonyl (C=O) groups is 5. The lowest BCUT2D eigenvalue weighted by atomic mass is 9.84. The zero-order valence-electron chi connectivity index (χ0n) is 41.9. The summed E-state index contributed by atoms with van der Waals surface area (Å²) in [6.45, 7) is 19.2. The number of aryl methyl sites for hydroxylation is 1. The molecule has 374 valence electrons. The van der Waals surface area contributed by atoms with Crippen LogP contribution in [-0.2, 0) is 52.8 Å². The number of ether oxygens (including phenoxy) is 2. The SMILES string of the molecule is C=CC(=O)N1CC[C@H](C(=O)N(C)C(C(=O)N[C@H]2Cc3nc(cs3)-c3ccc4c(c3)c(c(-c3cc(C5=CCNCC5)cnc3[C@H](C)OC)n4CC)CC(C)(C)COC(=O)[C@@H]3CCCN(N3)C2=O)C(C)C)C1. The molecule has 8 rings (SSSR count). The van der Waals surface area contributed by atoms with Gasteiger partial charge in [0.15, 0.2) is 0 Å². The molecule has 7 heterocycles. The van der Waals surface area contributed by atoms with Crippen LogP contribution in [0.4, 0.5) is 0 Å². The number of likely N-dealkylation sites (N-methyl/N-ethyl adjacent to an activating group) is 1. The number of benzene rings is 1. The highest BCUT2D eigenvalue weighted by Gasteiger charge is 2.40. The van der Waals surface area contributed by atoms with Gasteiger partial charge < -0.3 is 34.5 Å². The molecule has 0 spiro atoms. The van der Waals surface area contributed by atoms with Gasteiger partial charge in [0.05, 0.1) is 40.7 Å². The molecular weight excluding hydrogens is 907 g/mol. The van der Waals surface area contributed by atoms with Crippen LogP contribution >= 0.6 is 11.3 Å². The van der Waals surface area contributed by atoms with Crippen molar-refractivity contribution < 1.29 is 33.4 Å². The van der Waals surface area contributed by atoms with Crippen LogP contribution in [0.3, 0.4) is 0 Å². The Labute approximate surface area is 415 Å². The van der Waals surface area contributed by atoms with E-state index in [9.17, 15) is 24.0 Å². The van der Waals surface area contributed by atoms with Crippen molar-refractivity contribution in [2.45, 2.75) is 111 Å². The highest BCUT2D eigenvalue weighted by molar-refractivity contribution is 7.10. The van der Waals surface area contributed by atoms with E-state index >= 15 is 0 Å². The molecule has 2 saturated heterocycles. The lowest BCUT2D eigenvalue weighted by Crippen LogP contribution is -2.62. The van der Waals surface area contributed by atoms with Gasteiger partial charge in [0, 0.05) is 92.3 Å². The number of hydrogen-bond donors (Lipinski definition) is 3. The maximum atomic E-state index is 14.7. The van der Waals surface area contributed by atoms with Crippen LogP contribution in [0.25, 0.3) is 39.0 Å². The van der Waals surface area contributed by atoms with Crippen molar-refractivity contribution in [3.05, 3.63) is 76.4 Å². The molecule has 4 amide bonds. The third-order valence-electron chi connectivity index (χ3n) is 14.4. The smallest absolute Gasteiger partial charge is 0.324 e. The number of thiazole rings is 1. The summed E-state index contributed by atoms with van der Waals surface area (Å²) in [4.78, 5) is 82.8. The van der Waals surface area contributed by atoms with Crippen molar-refractivity contribution in [1.29, 1.82) is 0 Å². The maximum absolute atomic E-state index is 14.7. The Morgan fingerprint density at radius 2 is 1.93 bits per heavy atom. The van der Waals surface area contributed by atoms with Crippen molar-refractivity contribution in [2.75, 3.05) is 53.5 Å². The number of cyclic esters (lactones) is 1. The number of pyridine rings is 1. The van der Waals surface area contributed by atoms with Crippen LogP contribution in [-0.4, -0.2) is 131 Å². The van der Waals surface area contributed by atoms with Crippen LogP contribution < -0.4 is 16.1 Å². The number of aromatic nitrogens is 3. The van der Waals surface area contributed by atoms with Crippen LogP contribution in [0, 0.1) is 17.3 Å². The van der Waals surface area contributed by atoms with Gasteiger partial charge in [0.25, 0.3) is 5.91 Å². The fourth-order valence-corrected chi connectivity index (χ4v) is 11.4. The number of nitrogens with zero attached hydrogens (tertiary/aromatic N) is 6. The fraction of sp³-hybridized carbons (Fsp3) is 0.528. The Hall–Kier alpha value is -5.75. The Morgan fingerprint density at radius 3 is 2.64 bits per heavy atom. The molecule has 0 radical (unpaired) electrons. The molecule has 4 aliphatic heterocycles. The molecule has 1 aromatic carbocycles. The second-order valence-electron chi connectivity index (χ2n) is 20.3. The molecule has 0 saturated carbocycles. The number of fused-ring (bicyclic) bond motifs is 6. The molecule has 0 aliphatic carbocycles. The number of rotatable bonds is 11. The van der Waals surface area contributed by atoms with Gasteiger partial charge in [-0.3, -0.25) is 34.0 Å². The van der Waals surface area contributed by atoms with Crippen LogP contribution in [0.5, 0.6) is 0 Å². The van der Waals surface area contributed by atoms with E-state index in [-0.39, 0.29) is 43.4 Å². The quantitative estimate of drug-likeness (QED) is 0.117. The van der Waals surface area contributed by atoms with E-state index in [2.05, 4.69) is 78.3 Å². The van der Waals surface area contributed by atoms with E-state index in [1.54, 1.807) is 19.1 Å². The highest BCUT2D eigenvalue weighted by atomic mass is 32.1. The number of hydrazine groups is 1. The molecular formula is C53H69N9O7S. The van der Waals surface area contributed by atoms with Gasteiger partial charge in [-0.25, -0.2) is 10.4 Å². The van der Waals surface area contributed by atoms with Crippen molar-refractivity contribution in [1.82, 2.24) is 45.4 Å². The summed E-state index contributed by atoms with van der Waals surface area (Å²) < 4.78 is 14.5. The highest BCUT2D eigenvalue weighted by Crippen LogP contribution is 2.43. The van der Waals surface area contributed by atoms with Crippen molar-refractivity contribution in [3.63, 3.8) is 0 Å². The molecule has 4 aliphatic rings. The predicted octanol–water partition coefficient (Wildman–Crippen LogP) is 6.10. The lowest BCUT2D eigenvalue weighted by molar-refractivity contribution is -0.155. The van der Waals surface area contributed by atoms with Gasteiger partial charge in [-0.05, 0) is 99.4 Å². The molecule has 1 unspecified atom stereocenters. The van der Waals surface area contributed by atoms with Crippen LogP contribution in [0.2, 0.25) is 0 Å². The Bertz CT molecular complexity index is 2690. The Morgan fingerprint density at radius 1 is 1.13 bits per heavy atom. The first-order valence-electron chi connectivity index (χ1n) is 24.8. The molecule has 70 heavy (non-hydrogen) atoms. The fourth-order valence-electron chi connectivity index (χ4n) is 10.6. The summed E-state index contributed by atoms with van der Waals surface area (Å²) in [6, 6.07) is 5.89. The van der Waals surface area contributed by atoms with Crippen molar-refractivity contribution in [3.8, 4) is 22.5 Å². The molecule has 17 heteroatoms. The molecule has 6 bridgehead atoms. The summed E-state index contributed by atoms with van der Waals surface area (Å²) in [5, 5.41) is 11.6. The summed E-state index contributed by atoms with van der Waals surface area (Å²) in [7, 11) is 3.31. The summed E-state index contributed by atoms with van der Waals surface area (Å²) in [6.07, 6.45) is 8.16. The number of amides is 4. The van der Waals surface area contributed by atoms with Gasteiger partial charge in [-0.1, -0.05) is 46.4 Å². The number of likely N-dealkylation sites (tertiary alicyclic amines) is 1. The minimum Gasteiger partial charge on any atom is -0.464 e. The van der Waals surface area contributed by atoms with Crippen LogP contribution in [0.15, 0.2) is 54.6 Å². The Balaban J connectivity index is 1.19. The second-order valence-corrected chi connectivity index (χ2v) is 21.2. The molecule has 5 atom stereocenters. The average molecular weight is 976 g/mol. The van der Waals surface area contributed by atoms with E-state index in [0.717, 1.165) is 69.7 Å². The van der Waals surface area contributed by atoms with Crippen molar-refractivity contribution in [2.24, 2.45) is 17.3 Å². The van der Waals surface area contributed by atoms with Gasteiger partial charge in [0.1, 0.15) is 18.1 Å². The van der Waals surface area contributed by atoms with E-state index in [0.29, 0.717) is 50.3 Å². The summed E-state index contributed by atoms with van der Waals surface area (Å²) in [5.74, 6) is -2.64. The molecule has 3 aromatic heterocycles. The number of hydrogen-bond acceptors (Lipinski definition) is 12. The third kappa shape index (κ3) is 10.5. The maximum Gasteiger partial charge on any atom is 0.324 e. The predicted molar refractivity (Wildman–Crippen MR) is 271 cm³/mol. The van der Waals surface area contributed by atoms with E-state index in [1.807, 2.05) is 32.3 Å². The monoisotopic (exact) mass is 976 g/mol. The summed E-state index contributed by atoms with van der Waals surface area (Å²) in [5.41, 5.74) is 11.6. The first kappa shape index (κ1) is 50.6. The second kappa shape index (κ2) is 21.3. The molecule has 2 fully saturated rings. The van der Waals surface area contributed by atoms with E-state index < -0.39 is 47.2 Å². The summed E-state index contributed by atoms with van der Waals surface area (Å²) >= 11 is 1.41. The standard InChI is InChI=1S/C53H69N9O7S/c1-10-45(63)60-22-18-35(28-60)50(65)59(8)47(31(3)4)49(64)57-41-25-44-56-42(29-70-44)34-14-15-43-37(23-34)39(26-53(6,7)30-69-52(67)40-13-12-21-62(58-40)51(41)66)48(61(43)11-2)38-24-36(33-16-19-54-20-17-33)27-55-46(38)32(5)68-9/h10,14-16,23-24,27,29,31-32,35,40-41,47,54,58H,1,11-13,17-22,25-26,28,30H2,2-9H3,(H,57,64)/t32-,35-,40-,41-,47?/m0/s1. The van der Waals surface area contributed by atoms with Gasteiger partial charge >= 0.3 is 5.97 Å². The van der Waals surface area contributed by atoms with E-state index in [4.69, 9.17) is 19.4 Å². The first-order chi connectivity index (χ1) is 33.5. The number of nitrogens with one attached hydrogen (secondary N) is 3. The minimum atomic E-state index is -1.09. The average Bonchev–Trinajstić information content (AvgIpc) is 4.12. The largest absolute Gasteiger partial charge is 0.464 e.